The number of aromatic nitrogens is 8. The molecule has 4 aliphatic rings. The van der Waals surface area contributed by atoms with Gasteiger partial charge in [-0.15, -0.1) is 0 Å². The third-order valence-corrected chi connectivity index (χ3v) is 20.0. The second kappa shape index (κ2) is 32.0. The van der Waals surface area contributed by atoms with Crippen molar-refractivity contribution in [1.29, 1.82) is 10.5 Å². The fraction of sp³-hybridized carbons (Fsp3) is 0.361. The number of hydrogen-bond donors (Lipinski definition) is 4. The molecule has 8 aromatic heterocycles. The van der Waals surface area contributed by atoms with E-state index < -0.39 is 19.2 Å². The Morgan fingerprint density at radius 3 is 1.39 bits per heavy atom. The quantitative estimate of drug-likeness (QED) is 0.0789. The number of carbonyl (C=O) groups excluding carboxylic acids is 1. The molecule has 26 heteroatoms. The van der Waals surface area contributed by atoms with Crippen LogP contribution in [0.5, 0.6) is 0 Å². The maximum Gasteiger partial charge on any atom is 0.306 e. The number of fused-ring (bicyclic) bond motifs is 2. The fourth-order valence-corrected chi connectivity index (χ4v) is 14.3. The summed E-state index contributed by atoms with van der Waals surface area (Å²) in [5, 5.41) is 51.7. The number of aliphatic hydroxyl groups is 2. The summed E-state index contributed by atoms with van der Waals surface area (Å²) < 4.78 is 46.7. The van der Waals surface area contributed by atoms with Gasteiger partial charge in [-0.2, -0.15) is 10.5 Å². The van der Waals surface area contributed by atoms with Crippen molar-refractivity contribution in [3.63, 3.8) is 0 Å². The molecule has 21 nitrogen and oxygen atoms in total. The number of anilines is 6. The molecule has 0 unspecified atom stereocenters. The number of nitriles is 2. The Balaban J connectivity index is 0.000000189. The number of nitrogens with one attached hydrogen (secondary N) is 1. The number of halogens is 3. The third-order valence-electron chi connectivity index (χ3n) is 17.9. The summed E-state index contributed by atoms with van der Waals surface area (Å²) in [6.45, 7) is 9.87. The summed E-state index contributed by atoms with van der Waals surface area (Å²) in [7, 11) is 2.83. The smallest absolute Gasteiger partial charge is 0.306 e. The number of β-amino-alcohol motifs (C(OH)–C–C–N with tert-alkyl or cyclic N) is 2. The normalized spacial score (nSPS) is 16.4. The first kappa shape index (κ1) is 69.5. The molecule has 2 atom stereocenters. The van der Waals surface area contributed by atoms with E-state index in [1.165, 1.54) is 46.9 Å². The van der Waals surface area contributed by atoms with Gasteiger partial charge in [0, 0.05) is 124 Å². The predicted molar refractivity (Wildman–Crippen MR) is 378 cm³/mol. The van der Waals surface area contributed by atoms with Gasteiger partial charge < -0.3 is 45.1 Å². The van der Waals surface area contributed by atoms with Gasteiger partial charge in [-0.1, -0.05) is 43.9 Å². The van der Waals surface area contributed by atoms with Gasteiger partial charge in [0.25, 0.3) is 0 Å². The van der Waals surface area contributed by atoms with Crippen molar-refractivity contribution >= 4 is 79.4 Å². The number of benzene rings is 2. The van der Waals surface area contributed by atoms with E-state index in [9.17, 15) is 43.5 Å². The highest BCUT2D eigenvalue weighted by Gasteiger charge is 2.33. The molecule has 4 fully saturated rings. The van der Waals surface area contributed by atoms with Gasteiger partial charge in [0.15, 0.2) is 10.3 Å². The topological polar surface area (TPSA) is 257 Å². The SMILES string of the molecule is C.CCc1nc2ccc(-c3ccc(N4CCC(C(=O)N5CC[C@@H](O)C5)CC4)nc3)cn2c1N(C)c1nc(-c2ccc(F)cc2)c(C#N)s1.CCc1nc2ccc(-c3ccc(N4CCC(C(=O)O)CC4)nc3)cn2c1N(C)c1nc(-c2ccc(F)cc2)c(C#N)s1.O[C@@H]1CCNC1.[2H]CF. The van der Waals surface area contributed by atoms with E-state index in [0.717, 1.165) is 114 Å². The zero-order valence-electron chi connectivity index (χ0n) is 55.2. The highest BCUT2D eigenvalue weighted by Crippen LogP contribution is 2.40. The van der Waals surface area contributed by atoms with Crippen LogP contribution in [-0.4, -0.2) is 157 Å². The van der Waals surface area contributed by atoms with Gasteiger partial charge in [0.1, 0.15) is 79.5 Å². The number of nitrogens with zero attached hydrogens (tertiary/aromatic N) is 15. The number of amides is 1. The number of thiazole rings is 2. The number of imidazole rings is 2. The first-order valence-corrected chi connectivity index (χ1v) is 33.8. The highest BCUT2D eigenvalue weighted by molar-refractivity contribution is 7.17. The minimum absolute atomic E-state index is 0. The average molecular weight is 1370 g/mol. The second-order valence-electron chi connectivity index (χ2n) is 24.0. The van der Waals surface area contributed by atoms with Gasteiger partial charge >= 0.3 is 5.97 Å². The zero-order chi connectivity index (χ0) is 69.1. The lowest BCUT2D eigenvalue weighted by Gasteiger charge is -2.33. The Kier molecular flexibility index (Phi) is 22.7. The van der Waals surface area contributed by atoms with E-state index >= 15 is 0 Å². The molecule has 0 saturated carbocycles. The van der Waals surface area contributed by atoms with Crippen molar-refractivity contribution in [2.24, 2.45) is 11.8 Å². The fourth-order valence-electron chi connectivity index (χ4n) is 12.6. The van der Waals surface area contributed by atoms with E-state index in [2.05, 4.69) is 53.4 Å². The number of pyridine rings is 4. The average Bonchev–Trinajstić information content (AvgIpc) is 1.62. The lowest BCUT2D eigenvalue weighted by Crippen LogP contribution is -2.42. The number of carboxylic acids is 1. The molecule has 0 spiro atoms. The Morgan fingerprint density at radius 2 is 1.04 bits per heavy atom. The van der Waals surface area contributed by atoms with Crippen LogP contribution >= 0.6 is 22.7 Å². The number of aliphatic hydroxyl groups excluding tert-OH is 2. The maximum absolute atomic E-state index is 13.6. The summed E-state index contributed by atoms with van der Waals surface area (Å²) in [6.07, 6.45) is 13.2. The van der Waals surface area contributed by atoms with Gasteiger partial charge in [0.2, 0.25) is 5.91 Å². The van der Waals surface area contributed by atoms with Gasteiger partial charge in [0.05, 0.1) is 38.0 Å². The van der Waals surface area contributed by atoms with E-state index in [1.807, 2.05) is 98.7 Å². The number of carboxylic acid groups (broad SMARTS) is 1. The molecule has 4 saturated heterocycles. The molecule has 0 bridgehead atoms. The van der Waals surface area contributed by atoms with Crippen LogP contribution in [0.25, 0.3) is 56.1 Å². The van der Waals surface area contributed by atoms with Crippen molar-refractivity contribution in [1.82, 2.24) is 48.9 Å². The van der Waals surface area contributed by atoms with Crippen LogP contribution in [0.2, 0.25) is 0 Å². The number of aryl methyl sites for hydroxylation is 2. The molecule has 510 valence electrons. The van der Waals surface area contributed by atoms with Crippen molar-refractivity contribution in [2.45, 2.75) is 84.8 Å². The molecule has 14 rings (SSSR count). The van der Waals surface area contributed by atoms with Crippen molar-refractivity contribution in [3.8, 4) is 56.9 Å². The van der Waals surface area contributed by atoms with Crippen LogP contribution in [0, 0.1) is 46.1 Å². The number of likely N-dealkylation sites (tertiary alicyclic amines) is 1. The van der Waals surface area contributed by atoms with Crippen LogP contribution in [0.1, 0.15) is 82.3 Å². The number of rotatable bonds is 14. The standard InChI is InChI=1S/C35H35FN8O2S.C31H28FN7O2S.C4H9NO.CH3F.CH4/c1-3-28-33(41(2)35-40-32(29(18-37)47-35)22-4-8-26(36)9-5-22)44-20-25(7-11-31(44)39-28)24-6-10-30(38-19-24)42-15-12-23(13-16-42)34(46)43-17-14-27(45)21-43;1-3-24-29(37(2)31-36-28(25(16-33)42-31)19-4-8-23(32)9-5-19)39-18-22(7-11-27(39)35-24)21-6-10-26(34-17-21)38-14-12-20(13-15-38)30(40)41;6-4-1-2-5-3-4;1-2;/h4-11,19-20,23,27,45H,3,12-17,21H2,1-2H3;4-11,17-18,20H,3,12-15H2,1-2H3,(H,40,41);4-6H,1-3H2;1H3;1H4/t27-;;4-;;/m1.1../s1/i;;;1D;. The Bertz CT molecular complexity index is 4480. The zero-order valence-corrected chi connectivity index (χ0v) is 55.8. The van der Waals surface area contributed by atoms with Crippen LogP contribution < -0.4 is 24.9 Å². The van der Waals surface area contributed by atoms with Crippen LogP contribution in [0.15, 0.2) is 122 Å². The number of aliphatic carboxylic acids is 1. The third kappa shape index (κ3) is 15.6. The first-order valence-electron chi connectivity index (χ1n) is 32.9. The highest BCUT2D eigenvalue weighted by atomic mass is 32.1. The second-order valence-corrected chi connectivity index (χ2v) is 26.0. The number of carbonyl (C=O) groups is 2. The van der Waals surface area contributed by atoms with E-state index in [1.54, 1.807) is 24.3 Å². The summed E-state index contributed by atoms with van der Waals surface area (Å²) in [5.41, 5.74) is 9.66. The maximum atomic E-state index is 13.6. The summed E-state index contributed by atoms with van der Waals surface area (Å²) >= 11 is 2.57. The molecule has 4 N–H and O–H groups in total. The van der Waals surface area contributed by atoms with Gasteiger partial charge in [-0.05, 0) is 155 Å². The number of hydrogen-bond acceptors (Lipinski definition) is 19. The van der Waals surface area contributed by atoms with E-state index in [4.69, 9.17) is 36.4 Å². The summed E-state index contributed by atoms with van der Waals surface area (Å²) in [4.78, 5) is 64.0. The molecule has 0 radical (unpaired) electrons. The molecule has 2 aromatic carbocycles. The molecule has 1 amide bonds. The summed E-state index contributed by atoms with van der Waals surface area (Å²) in [6, 6.07) is 32.6. The predicted octanol–water partition coefficient (Wildman–Crippen LogP) is 12.4. The Hall–Kier alpha value is -9.83. The minimum atomic E-state index is -1.00. The first-order chi connectivity index (χ1) is 47.5. The van der Waals surface area contributed by atoms with Crippen molar-refractivity contribution in [3.05, 3.63) is 155 Å². The molecular weight excluding hydrogens is 1290 g/mol. The molecule has 98 heavy (non-hydrogen) atoms. The molecule has 4 aliphatic heterocycles. The molecule has 0 aliphatic carbocycles. The monoisotopic (exact) mass is 1370 g/mol. The Morgan fingerprint density at radius 1 is 0.612 bits per heavy atom. The van der Waals surface area contributed by atoms with Gasteiger partial charge in [-0.25, -0.2) is 38.7 Å². The molecular formula is C72H79F3N16O5S2. The van der Waals surface area contributed by atoms with Crippen molar-refractivity contribution in [2.75, 3.05) is 93.2 Å². The van der Waals surface area contributed by atoms with E-state index in [0.29, 0.717) is 101 Å². The number of alkyl halides is 1. The molecule has 10 aromatic rings. The summed E-state index contributed by atoms with van der Waals surface area (Å²) in [5.74, 6) is 1.93. The number of piperidine rings is 2. The van der Waals surface area contributed by atoms with Crippen molar-refractivity contribution < 1.29 is 39.5 Å². The van der Waals surface area contributed by atoms with Crippen LogP contribution in [0.4, 0.5) is 46.7 Å². The minimum Gasteiger partial charge on any atom is -0.481 e. The molecule has 12 heterocycles. The lowest BCUT2D eigenvalue weighted by molar-refractivity contribution is -0.142. The van der Waals surface area contributed by atoms with E-state index in [-0.39, 0.29) is 42.9 Å². The van der Waals surface area contributed by atoms with Gasteiger partial charge in [-0.3, -0.25) is 22.8 Å². The largest absolute Gasteiger partial charge is 0.481 e. The van der Waals surface area contributed by atoms with Crippen LogP contribution in [-0.2, 0) is 22.4 Å². The Labute approximate surface area is 576 Å². The lowest BCUT2D eigenvalue weighted by atomic mass is 9.95. The van der Waals surface area contributed by atoms with Crippen LogP contribution in [0.3, 0.4) is 0 Å².